The molecular formula is C13H24N2O4. The Morgan fingerprint density at radius 1 is 1.21 bits per heavy atom. The van der Waals surface area contributed by atoms with Crippen LogP contribution in [0.15, 0.2) is 0 Å². The maximum absolute atomic E-state index is 11.7. The highest BCUT2D eigenvalue weighted by molar-refractivity contribution is 5.82. The number of carbonyl (C=O) groups excluding carboxylic acids is 1. The van der Waals surface area contributed by atoms with Crippen LogP contribution < -0.4 is 10.6 Å². The van der Waals surface area contributed by atoms with Gasteiger partial charge in [-0.2, -0.15) is 0 Å². The lowest BCUT2D eigenvalue weighted by Crippen LogP contribution is -2.50. The molecular weight excluding hydrogens is 248 g/mol. The summed E-state index contributed by atoms with van der Waals surface area (Å²) in [5.41, 5.74) is 0. The van der Waals surface area contributed by atoms with Gasteiger partial charge in [0.25, 0.3) is 0 Å². The molecule has 1 fully saturated rings. The Hall–Kier alpha value is -1.30. The van der Waals surface area contributed by atoms with Crippen molar-refractivity contribution in [3.63, 3.8) is 0 Å². The van der Waals surface area contributed by atoms with E-state index in [-0.39, 0.29) is 18.1 Å². The maximum Gasteiger partial charge on any atom is 0.326 e. The number of aliphatic hydroxyl groups excluding tert-OH is 1. The molecule has 0 radical (unpaired) electrons. The van der Waals surface area contributed by atoms with Crippen molar-refractivity contribution in [3.05, 3.63) is 0 Å². The van der Waals surface area contributed by atoms with Crippen LogP contribution >= 0.6 is 0 Å². The van der Waals surface area contributed by atoms with E-state index in [1.807, 2.05) is 13.8 Å². The number of amides is 2. The van der Waals surface area contributed by atoms with Gasteiger partial charge in [0.2, 0.25) is 0 Å². The molecule has 4 N–H and O–H groups in total. The van der Waals surface area contributed by atoms with Gasteiger partial charge in [0.15, 0.2) is 0 Å². The maximum atomic E-state index is 11.7. The Kier molecular flexibility index (Phi) is 6.08. The van der Waals surface area contributed by atoms with Crippen molar-refractivity contribution in [3.8, 4) is 0 Å². The average molecular weight is 272 g/mol. The van der Waals surface area contributed by atoms with Crippen molar-refractivity contribution >= 4 is 12.0 Å². The first-order valence-corrected chi connectivity index (χ1v) is 6.86. The number of hydrogen-bond acceptors (Lipinski definition) is 3. The van der Waals surface area contributed by atoms with Gasteiger partial charge in [0.05, 0.1) is 6.10 Å². The number of carboxylic acids is 1. The zero-order chi connectivity index (χ0) is 14.4. The molecule has 6 heteroatoms. The lowest BCUT2D eigenvalue weighted by Gasteiger charge is -2.27. The molecule has 0 aromatic rings. The van der Waals surface area contributed by atoms with E-state index in [1.54, 1.807) is 0 Å². The predicted octanol–water partition coefficient (Wildman–Crippen LogP) is 1.09. The Morgan fingerprint density at radius 2 is 1.79 bits per heavy atom. The summed E-state index contributed by atoms with van der Waals surface area (Å²) < 4.78 is 0. The standard InChI is InChI=1S/C13H24N2O4/c1-8(2)7-11(12(17)18)15-13(19)14-9-3-5-10(16)6-4-9/h8-11,16H,3-7H2,1-2H3,(H,17,18)(H2,14,15,19)/t9?,10?,11-/m1/s1. The zero-order valence-corrected chi connectivity index (χ0v) is 11.6. The largest absolute Gasteiger partial charge is 0.480 e. The molecule has 110 valence electrons. The third-order valence-electron chi connectivity index (χ3n) is 3.34. The number of aliphatic carboxylic acids is 1. The number of rotatable bonds is 5. The number of hydrogen-bond donors (Lipinski definition) is 4. The van der Waals surface area contributed by atoms with Crippen molar-refractivity contribution in [2.45, 2.75) is 64.1 Å². The summed E-state index contributed by atoms with van der Waals surface area (Å²) in [5.74, 6) is -0.811. The van der Waals surface area contributed by atoms with Crippen molar-refractivity contribution in [2.75, 3.05) is 0 Å². The topological polar surface area (TPSA) is 98.7 Å². The third-order valence-corrected chi connectivity index (χ3v) is 3.34. The van der Waals surface area contributed by atoms with Crippen LogP contribution in [0.3, 0.4) is 0 Å². The molecule has 0 bridgehead atoms. The molecule has 1 saturated carbocycles. The lowest BCUT2D eigenvalue weighted by molar-refractivity contribution is -0.139. The van der Waals surface area contributed by atoms with Crippen LogP contribution in [0, 0.1) is 5.92 Å². The first-order chi connectivity index (χ1) is 8.88. The van der Waals surface area contributed by atoms with Crippen molar-refractivity contribution < 1.29 is 19.8 Å². The summed E-state index contributed by atoms with van der Waals surface area (Å²) in [6, 6.07) is -1.26. The zero-order valence-electron chi connectivity index (χ0n) is 11.6. The normalized spacial score (nSPS) is 24.8. The van der Waals surface area contributed by atoms with Crippen LogP contribution in [0.2, 0.25) is 0 Å². The van der Waals surface area contributed by atoms with E-state index in [0.717, 1.165) is 12.8 Å². The van der Waals surface area contributed by atoms with E-state index in [4.69, 9.17) is 5.11 Å². The quantitative estimate of drug-likeness (QED) is 0.602. The minimum atomic E-state index is -1.01. The SMILES string of the molecule is CC(C)C[C@@H](NC(=O)NC1CCC(O)CC1)C(=O)O. The monoisotopic (exact) mass is 272 g/mol. The van der Waals surface area contributed by atoms with Gasteiger partial charge in [0, 0.05) is 6.04 Å². The number of nitrogens with one attached hydrogen (secondary N) is 2. The molecule has 6 nitrogen and oxygen atoms in total. The van der Waals surface area contributed by atoms with Gasteiger partial charge in [-0.25, -0.2) is 9.59 Å². The van der Waals surface area contributed by atoms with Crippen molar-refractivity contribution in [2.24, 2.45) is 5.92 Å². The van der Waals surface area contributed by atoms with E-state index in [0.29, 0.717) is 19.3 Å². The van der Waals surface area contributed by atoms with E-state index in [9.17, 15) is 14.7 Å². The summed E-state index contributed by atoms with van der Waals surface area (Å²) >= 11 is 0. The second-order valence-electron chi connectivity index (χ2n) is 5.64. The molecule has 1 aliphatic carbocycles. The van der Waals surface area contributed by atoms with Crippen molar-refractivity contribution in [1.29, 1.82) is 0 Å². The molecule has 0 aromatic carbocycles. The summed E-state index contributed by atoms with van der Waals surface area (Å²) in [4.78, 5) is 22.8. The first kappa shape index (κ1) is 15.8. The van der Waals surface area contributed by atoms with Crippen LogP contribution in [0.1, 0.15) is 46.0 Å². The number of carbonyl (C=O) groups is 2. The van der Waals surface area contributed by atoms with Crippen LogP contribution in [-0.4, -0.2) is 40.4 Å². The van der Waals surface area contributed by atoms with Gasteiger partial charge in [0.1, 0.15) is 6.04 Å². The van der Waals surface area contributed by atoms with Gasteiger partial charge in [-0.05, 0) is 38.0 Å². The fourth-order valence-electron chi connectivity index (χ4n) is 2.30. The number of aliphatic hydroxyl groups is 1. The van der Waals surface area contributed by atoms with E-state index >= 15 is 0 Å². The second kappa shape index (κ2) is 7.33. The number of urea groups is 1. The van der Waals surface area contributed by atoms with Crippen LogP contribution in [0.4, 0.5) is 4.79 Å². The molecule has 2 amide bonds. The summed E-state index contributed by atoms with van der Waals surface area (Å²) in [6.07, 6.45) is 2.96. The molecule has 19 heavy (non-hydrogen) atoms. The minimum absolute atomic E-state index is 0.0249. The molecule has 0 saturated heterocycles. The third kappa shape index (κ3) is 5.92. The second-order valence-corrected chi connectivity index (χ2v) is 5.64. The molecule has 0 aromatic heterocycles. The minimum Gasteiger partial charge on any atom is -0.480 e. The van der Waals surface area contributed by atoms with Gasteiger partial charge in [-0.1, -0.05) is 13.8 Å². The Labute approximate surface area is 113 Å². The summed E-state index contributed by atoms with van der Waals surface area (Å²) in [7, 11) is 0. The lowest BCUT2D eigenvalue weighted by atomic mass is 9.93. The van der Waals surface area contributed by atoms with E-state index in [2.05, 4.69) is 10.6 Å². The van der Waals surface area contributed by atoms with Gasteiger partial charge in [-0.3, -0.25) is 0 Å². The molecule has 1 aliphatic rings. The molecule has 0 unspecified atom stereocenters. The van der Waals surface area contributed by atoms with Gasteiger partial charge in [-0.15, -0.1) is 0 Å². The fourth-order valence-corrected chi connectivity index (χ4v) is 2.30. The number of carboxylic acid groups (broad SMARTS) is 1. The van der Waals surface area contributed by atoms with Crippen molar-refractivity contribution in [1.82, 2.24) is 10.6 Å². The molecule has 1 atom stereocenters. The smallest absolute Gasteiger partial charge is 0.326 e. The van der Waals surface area contributed by atoms with Crippen LogP contribution in [0.5, 0.6) is 0 Å². The van der Waals surface area contributed by atoms with E-state index < -0.39 is 18.0 Å². The van der Waals surface area contributed by atoms with Gasteiger partial charge < -0.3 is 20.8 Å². The highest BCUT2D eigenvalue weighted by Crippen LogP contribution is 2.18. The highest BCUT2D eigenvalue weighted by atomic mass is 16.4. The van der Waals surface area contributed by atoms with Crippen LogP contribution in [-0.2, 0) is 4.79 Å². The average Bonchev–Trinajstić information content (AvgIpc) is 2.30. The molecule has 0 aliphatic heterocycles. The fraction of sp³-hybridized carbons (Fsp3) is 0.846. The summed E-state index contributed by atoms with van der Waals surface area (Å²) in [6.45, 7) is 3.83. The van der Waals surface area contributed by atoms with Gasteiger partial charge >= 0.3 is 12.0 Å². The van der Waals surface area contributed by atoms with E-state index in [1.165, 1.54) is 0 Å². The van der Waals surface area contributed by atoms with Crippen LogP contribution in [0.25, 0.3) is 0 Å². The molecule has 1 rings (SSSR count). The predicted molar refractivity (Wildman–Crippen MR) is 70.8 cm³/mol. The molecule has 0 heterocycles. The highest BCUT2D eigenvalue weighted by Gasteiger charge is 2.24. The Balaban J connectivity index is 2.38. The Bertz CT molecular complexity index is 312. The summed E-state index contributed by atoms with van der Waals surface area (Å²) in [5, 5.41) is 23.7. The molecule has 0 spiro atoms. The Morgan fingerprint density at radius 3 is 2.26 bits per heavy atom. The first-order valence-electron chi connectivity index (χ1n) is 6.86.